The van der Waals surface area contributed by atoms with Crippen molar-refractivity contribution >= 4 is 11.9 Å². The van der Waals surface area contributed by atoms with E-state index >= 15 is 0 Å². The molecule has 0 spiro atoms. The summed E-state index contributed by atoms with van der Waals surface area (Å²) in [6.45, 7) is 4.95. The SMILES string of the molecule is CCCCCCCCCCCCCCCCCCCCCCCC/C=C/C(O)C(CO)NC(=O)CCCCCCCCCCCCCCCCCCCCCCCCCCOC(=O)CCCCCCCCCCCCCC. The van der Waals surface area contributed by atoms with E-state index in [1.807, 2.05) is 6.08 Å². The predicted octanol–water partition coefficient (Wildman–Crippen LogP) is 22.8. The number of unbranched alkanes of at least 4 members (excludes halogenated alkanes) is 56. The third-order valence-electron chi connectivity index (χ3n) is 16.8. The summed E-state index contributed by atoms with van der Waals surface area (Å²) in [6.07, 6.45) is 82.9. The number of nitrogens with one attached hydrogen (secondary N) is 1. The van der Waals surface area contributed by atoms with Crippen molar-refractivity contribution in [3.8, 4) is 0 Å². The molecular formula is C71H139NO5. The van der Waals surface area contributed by atoms with E-state index in [1.54, 1.807) is 6.08 Å². The van der Waals surface area contributed by atoms with Crippen LogP contribution in [0.25, 0.3) is 0 Å². The van der Waals surface area contributed by atoms with Crippen LogP contribution in [0.3, 0.4) is 0 Å². The van der Waals surface area contributed by atoms with Gasteiger partial charge in [0.15, 0.2) is 0 Å². The molecule has 2 atom stereocenters. The van der Waals surface area contributed by atoms with Crippen molar-refractivity contribution < 1.29 is 24.5 Å². The molecule has 0 rings (SSSR count). The maximum Gasteiger partial charge on any atom is 0.305 e. The molecule has 0 aliphatic carbocycles. The van der Waals surface area contributed by atoms with E-state index in [2.05, 4.69) is 19.2 Å². The molecule has 0 fully saturated rings. The molecule has 0 bridgehead atoms. The molecule has 0 radical (unpaired) electrons. The van der Waals surface area contributed by atoms with Crippen LogP contribution in [0.4, 0.5) is 0 Å². The van der Waals surface area contributed by atoms with Gasteiger partial charge < -0.3 is 20.3 Å². The number of carbonyl (C=O) groups is 2. The second kappa shape index (κ2) is 67.1. The van der Waals surface area contributed by atoms with Crippen LogP contribution in [0.1, 0.15) is 406 Å². The zero-order valence-corrected chi connectivity index (χ0v) is 52.5. The number of hydrogen-bond donors (Lipinski definition) is 3. The van der Waals surface area contributed by atoms with Crippen molar-refractivity contribution in [2.45, 2.75) is 418 Å². The lowest BCUT2D eigenvalue weighted by molar-refractivity contribution is -0.143. The summed E-state index contributed by atoms with van der Waals surface area (Å²) in [5.41, 5.74) is 0. The minimum atomic E-state index is -0.844. The highest BCUT2D eigenvalue weighted by Gasteiger charge is 2.18. The van der Waals surface area contributed by atoms with Crippen LogP contribution in [-0.4, -0.2) is 47.4 Å². The Kier molecular flexibility index (Phi) is 65.9. The lowest BCUT2D eigenvalue weighted by atomic mass is 10.0. The summed E-state index contributed by atoms with van der Waals surface area (Å²) in [5.74, 6) is -0.0449. The van der Waals surface area contributed by atoms with E-state index in [9.17, 15) is 19.8 Å². The zero-order chi connectivity index (χ0) is 55.7. The van der Waals surface area contributed by atoms with E-state index in [0.717, 1.165) is 38.5 Å². The van der Waals surface area contributed by atoms with E-state index in [-0.39, 0.29) is 18.5 Å². The van der Waals surface area contributed by atoms with Crippen LogP contribution in [0.5, 0.6) is 0 Å². The molecule has 0 aliphatic heterocycles. The normalized spacial score (nSPS) is 12.5. The summed E-state index contributed by atoms with van der Waals surface area (Å²) in [5, 5.41) is 23.3. The van der Waals surface area contributed by atoms with Crippen LogP contribution >= 0.6 is 0 Å². The second-order valence-electron chi connectivity index (χ2n) is 24.6. The Labute approximate surface area is 482 Å². The van der Waals surface area contributed by atoms with Gasteiger partial charge in [-0.1, -0.05) is 373 Å². The Morgan fingerprint density at radius 3 is 0.883 bits per heavy atom. The standard InChI is InChI=1S/C71H139NO5/c1-3-5-7-9-11-13-15-17-18-19-20-21-22-25-28-31-34-37-40-43-47-51-55-59-63-69(74)68(67-73)72-70(75)64-60-56-52-48-44-41-38-35-32-29-26-23-24-27-30-33-36-39-42-46-50-54-58-62-66-77-71(76)65-61-57-53-49-45-16-14-12-10-8-6-4-2/h59,63,68-69,73-74H,3-58,60-62,64-67H2,1-2H3,(H,72,75)/b63-59+. The molecule has 0 saturated carbocycles. The second-order valence-corrected chi connectivity index (χ2v) is 24.6. The Bertz CT molecular complexity index is 1160. The van der Waals surface area contributed by atoms with E-state index in [4.69, 9.17) is 4.74 Å². The topological polar surface area (TPSA) is 95.9 Å². The number of allylic oxidation sites excluding steroid dienone is 1. The van der Waals surface area contributed by atoms with Crippen molar-refractivity contribution in [1.29, 1.82) is 0 Å². The van der Waals surface area contributed by atoms with Crippen molar-refractivity contribution in [3.63, 3.8) is 0 Å². The maximum absolute atomic E-state index is 12.5. The van der Waals surface area contributed by atoms with Gasteiger partial charge in [0.25, 0.3) is 0 Å². The van der Waals surface area contributed by atoms with Crippen LogP contribution in [0.2, 0.25) is 0 Å². The van der Waals surface area contributed by atoms with Gasteiger partial charge in [-0.2, -0.15) is 0 Å². The largest absolute Gasteiger partial charge is 0.466 e. The number of carbonyl (C=O) groups excluding carboxylic acids is 2. The quantitative estimate of drug-likeness (QED) is 0.0320. The number of aliphatic hydroxyl groups is 2. The molecule has 6 heteroatoms. The number of ether oxygens (including phenoxy) is 1. The fraction of sp³-hybridized carbons (Fsp3) is 0.944. The Balaban J connectivity index is 3.39. The highest BCUT2D eigenvalue weighted by atomic mass is 16.5. The van der Waals surface area contributed by atoms with Gasteiger partial charge in [0.2, 0.25) is 5.91 Å². The third kappa shape index (κ3) is 63.6. The molecule has 0 heterocycles. The van der Waals surface area contributed by atoms with Gasteiger partial charge in [-0.25, -0.2) is 0 Å². The Morgan fingerprint density at radius 1 is 0.351 bits per heavy atom. The monoisotopic (exact) mass is 1090 g/mol. The first-order valence-corrected chi connectivity index (χ1v) is 35.5. The summed E-state index contributed by atoms with van der Waals surface area (Å²) in [7, 11) is 0. The summed E-state index contributed by atoms with van der Waals surface area (Å²) >= 11 is 0. The molecular weight excluding hydrogens is 947 g/mol. The van der Waals surface area contributed by atoms with Gasteiger partial charge in [0.05, 0.1) is 25.4 Å². The number of amides is 1. The Morgan fingerprint density at radius 2 is 0.597 bits per heavy atom. The number of esters is 1. The first-order chi connectivity index (χ1) is 38.0. The van der Waals surface area contributed by atoms with E-state index < -0.39 is 12.1 Å². The van der Waals surface area contributed by atoms with Gasteiger partial charge >= 0.3 is 5.97 Å². The minimum Gasteiger partial charge on any atom is -0.466 e. The molecule has 0 aromatic carbocycles. The van der Waals surface area contributed by atoms with E-state index in [0.29, 0.717) is 19.4 Å². The number of hydrogen-bond acceptors (Lipinski definition) is 5. The van der Waals surface area contributed by atoms with Crippen molar-refractivity contribution in [3.05, 3.63) is 12.2 Å². The summed E-state index contributed by atoms with van der Waals surface area (Å²) in [6, 6.07) is -0.627. The van der Waals surface area contributed by atoms with Crippen LogP contribution < -0.4 is 5.32 Å². The molecule has 1 amide bonds. The van der Waals surface area contributed by atoms with Gasteiger partial charge in [0, 0.05) is 12.8 Å². The van der Waals surface area contributed by atoms with Crippen molar-refractivity contribution in [2.24, 2.45) is 0 Å². The highest BCUT2D eigenvalue weighted by Crippen LogP contribution is 2.19. The van der Waals surface area contributed by atoms with Crippen LogP contribution in [0.15, 0.2) is 12.2 Å². The third-order valence-corrected chi connectivity index (χ3v) is 16.8. The molecule has 0 aromatic rings. The fourth-order valence-electron chi connectivity index (χ4n) is 11.4. The van der Waals surface area contributed by atoms with Crippen LogP contribution in [0, 0.1) is 0 Å². The van der Waals surface area contributed by atoms with Crippen molar-refractivity contribution in [1.82, 2.24) is 5.32 Å². The van der Waals surface area contributed by atoms with Gasteiger partial charge in [0.1, 0.15) is 0 Å². The molecule has 0 aromatic heterocycles. The molecule has 77 heavy (non-hydrogen) atoms. The molecule has 6 nitrogen and oxygen atoms in total. The zero-order valence-electron chi connectivity index (χ0n) is 52.5. The van der Waals surface area contributed by atoms with Gasteiger partial charge in [-0.05, 0) is 32.1 Å². The highest BCUT2D eigenvalue weighted by molar-refractivity contribution is 5.76. The average Bonchev–Trinajstić information content (AvgIpc) is 3.43. The molecule has 0 aliphatic rings. The molecule has 0 saturated heterocycles. The fourth-order valence-corrected chi connectivity index (χ4v) is 11.4. The van der Waals surface area contributed by atoms with Crippen LogP contribution in [-0.2, 0) is 14.3 Å². The molecule has 3 N–H and O–H groups in total. The lowest BCUT2D eigenvalue weighted by Crippen LogP contribution is -2.45. The summed E-state index contributed by atoms with van der Waals surface area (Å²) in [4.78, 5) is 24.6. The van der Waals surface area contributed by atoms with E-state index in [1.165, 1.54) is 340 Å². The maximum atomic E-state index is 12.5. The first kappa shape index (κ1) is 75.6. The molecule has 2 unspecified atom stereocenters. The molecule has 458 valence electrons. The van der Waals surface area contributed by atoms with Crippen molar-refractivity contribution in [2.75, 3.05) is 13.2 Å². The smallest absolute Gasteiger partial charge is 0.305 e. The number of rotatable bonds is 67. The first-order valence-electron chi connectivity index (χ1n) is 35.5. The summed E-state index contributed by atoms with van der Waals surface area (Å²) < 4.78 is 5.48. The average molecular weight is 1090 g/mol. The Hall–Kier alpha value is -1.40. The van der Waals surface area contributed by atoms with Gasteiger partial charge in [-0.15, -0.1) is 0 Å². The minimum absolute atomic E-state index is 0.0168. The lowest BCUT2D eigenvalue weighted by Gasteiger charge is -2.20. The number of aliphatic hydroxyl groups excluding tert-OH is 2. The van der Waals surface area contributed by atoms with Gasteiger partial charge in [-0.3, -0.25) is 9.59 Å². The predicted molar refractivity (Wildman–Crippen MR) is 338 cm³/mol.